The first kappa shape index (κ1) is 25.2. The van der Waals surface area contributed by atoms with E-state index in [1.54, 1.807) is 44.7 Å². The molecular weight excluding hydrogens is 500 g/mol. The Morgan fingerprint density at radius 2 is 1.74 bits per heavy atom. The molecule has 0 radical (unpaired) electrons. The van der Waals surface area contributed by atoms with Gasteiger partial charge in [0.1, 0.15) is 22.5 Å². The van der Waals surface area contributed by atoms with E-state index in [4.69, 9.17) is 14.5 Å². The predicted molar refractivity (Wildman–Crippen MR) is 149 cm³/mol. The number of H-pyrrole nitrogens is 1. The molecule has 2 heterocycles. The highest BCUT2D eigenvalue weighted by molar-refractivity contribution is 7.99. The third-order valence-electron chi connectivity index (χ3n) is 6.04. The van der Waals surface area contributed by atoms with E-state index in [9.17, 15) is 9.59 Å². The van der Waals surface area contributed by atoms with Crippen LogP contribution in [0.3, 0.4) is 0 Å². The highest BCUT2D eigenvalue weighted by atomic mass is 32.2. The number of benzene rings is 3. The van der Waals surface area contributed by atoms with E-state index in [2.05, 4.69) is 10.3 Å². The molecule has 0 fully saturated rings. The summed E-state index contributed by atoms with van der Waals surface area (Å²) in [6.07, 6.45) is 1.79. The molecule has 0 saturated heterocycles. The third-order valence-corrected chi connectivity index (χ3v) is 6.98. The Labute approximate surface area is 223 Å². The number of hydrogen-bond donors (Lipinski definition) is 2. The largest absolute Gasteiger partial charge is 0.497 e. The number of aromatic nitrogens is 3. The summed E-state index contributed by atoms with van der Waals surface area (Å²) < 4.78 is 12.0. The summed E-state index contributed by atoms with van der Waals surface area (Å²) in [5.74, 6) is 1.32. The molecule has 1 amide bonds. The SMILES string of the molecule is COc1ccc(-n2c(SCC(=O)NCc3cccc(OC)c3)nc3c(-c4ccccc4)c[nH]c3c2=O)cc1. The summed E-state index contributed by atoms with van der Waals surface area (Å²) >= 11 is 1.21. The minimum atomic E-state index is -0.248. The van der Waals surface area contributed by atoms with Crippen LogP contribution in [0.1, 0.15) is 5.56 Å². The second kappa shape index (κ2) is 11.3. The Kier molecular flexibility index (Phi) is 7.46. The minimum Gasteiger partial charge on any atom is -0.497 e. The maximum absolute atomic E-state index is 13.7. The Morgan fingerprint density at radius 1 is 0.974 bits per heavy atom. The first-order chi connectivity index (χ1) is 18.6. The molecule has 3 aromatic carbocycles. The topological polar surface area (TPSA) is 98.2 Å². The van der Waals surface area contributed by atoms with E-state index < -0.39 is 0 Å². The van der Waals surface area contributed by atoms with Gasteiger partial charge in [-0.15, -0.1) is 0 Å². The number of nitrogens with one attached hydrogen (secondary N) is 2. The quantitative estimate of drug-likeness (QED) is 0.211. The third kappa shape index (κ3) is 5.28. The van der Waals surface area contributed by atoms with Crippen molar-refractivity contribution in [1.82, 2.24) is 19.9 Å². The number of methoxy groups -OCH3 is 2. The zero-order valence-electron chi connectivity index (χ0n) is 20.9. The van der Waals surface area contributed by atoms with Crippen LogP contribution in [0.5, 0.6) is 11.5 Å². The molecular formula is C29H26N4O4S. The molecule has 2 aromatic heterocycles. The van der Waals surface area contributed by atoms with Crippen molar-refractivity contribution in [2.24, 2.45) is 0 Å². The van der Waals surface area contributed by atoms with E-state index >= 15 is 0 Å². The van der Waals surface area contributed by atoms with Gasteiger partial charge in [0.15, 0.2) is 5.16 Å². The summed E-state index contributed by atoms with van der Waals surface area (Å²) in [4.78, 5) is 34.4. The first-order valence-electron chi connectivity index (χ1n) is 11.9. The molecule has 0 bridgehead atoms. The molecule has 0 aliphatic heterocycles. The van der Waals surface area contributed by atoms with Crippen molar-refractivity contribution >= 4 is 28.7 Å². The maximum Gasteiger partial charge on any atom is 0.283 e. The van der Waals surface area contributed by atoms with Crippen molar-refractivity contribution in [3.05, 3.63) is 101 Å². The van der Waals surface area contributed by atoms with Crippen molar-refractivity contribution < 1.29 is 14.3 Å². The number of aromatic amines is 1. The van der Waals surface area contributed by atoms with Crippen LogP contribution >= 0.6 is 11.8 Å². The van der Waals surface area contributed by atoms with Gasteiger partial charge in [0.25, 0.3) is 5.56 Å². The first-order valence-corrected chi connectivity index (χ1v) is 12.9. The molecule has 5 aromatic rings. The van der Waals surface area contributed by atoms with E-state index in [0.717, 1.165) is 22.4 Å². The van der Waals surface area contributed by atoms with Crippen LogP contribution < -0.4 is 20.3 Å². The number of thioether (sulfide) groups is 1. The second-order valence-electron chi connectivity index (χ2n) is 8.44. The number of carbonyl (C=O) groups is 1. The van der Waals surface area contributed by atoms with Crippen LogP contribution in [0.4, 0.5) is 0 Å². The lowest BCUT2D eigenvalue weighted by molar-refractivity contribution is -0.118. The van der Waals surface area contributed by atoms with Crippen molar-refractivity contribution in [3.63, 3.8) is 0 Å². The molecule has 0 unspecified atom stereocenters. The van der Waals surface area contributed by atoms with Gasteiger partial charge in [-0.25, -0.2) is 4.98 Å². The number of amides is 1. The number of fused-ring (bicyclic) bond motifs is 1. The van der Waals surface area contributed by atoms with Crippen molar-refractivity contribution in [3.8, 4) is 28.3 Å². The number of ether oxygens (including phenoxy) is 2. The molecule has 0 spiro atoms. The zero-order valence-corrected chi connectivity index (χ0v) is 21.7. The van der Waals surface area contributed by atoms with Gasteiger partial charge in [0, 0.05) is 18.3 Å². The Hall–Kier alpha value is -4.50. The minimum absolute atomic E-state index is 0.0865. The van der Waals surface area contributed by atoms with Crippen LogP contribution in [0.2, 0.25) is 0 Å². The summed E-state index contributed by atoms with van der Waals surface area (Å²) in [5, 5.41) is 3.34. The standard InChI is InChI=1S/C29H26N4O4S/c1-36-22-13-11-21(12-14-22)33-28(35)27-26(24(17-31-27)20-8-4-3-5-9-20)32-29(33)38-18-25(34)30-16-19-7-6-10-23(15-19)37-2/h3-15,17,31H,16,18H2,1-2H3,(H,30,34). The van der Waals surface area contributed by atoms with E-state index in [-0.39, 0.29) is 17.2 Å². The molecule has 38 heavy (non-hydrogen) atoms. The molecule has 8 nitrogen and oxygen atoms in total. The van der Waals surface area contributed by atoms with Gasteiger partial charge in [-0.05, 0) is 47.5 Å². The van der Waals surface area contributed by atoms with Crippen LogP contribution in [-0.4, -0.2) is 40.4 Å². The lowest BCUT2D eigenvalue weighted by Crippen LogP contribution is -2.26. The Balaban J connectivity index is 1.47. The zero-order chi connectivity index (χ0) is 26.5. The Bertz CT molecular complexity index is 1630. The fraction of sp³-hybridized carbons (Fsp3) is 0.138. The fourth-order valence-electron chi connectivity index (χ4n) is 4.10. The number of rotatable bonds is 9. The summed E-state index contributed by atoms with van der Waals surface area (Å²) in [7, 11) is 3.19. The van der Waals surface area contributed by atoms with Crippen molar-refractivity contribution in [2.45, 2.75) is 11.7 Å². The lowest BCUT2D eigenvalue weighted by atomic mass is 10.1. The molecule has 5 rings (SSSR count). The van der Waals surface area contributed by atoms with Crippen molar-refractivity contribution in [2.75, 3.05) is 20.0 Å². The summed E-state index contributed by atoms with van der Waals surface area (Å²) in [5.41, 5.74) is 4.03. The number of nitrogens with zero attached hydrogens (tertiary/aromatic N) is 2. The van der Waals surface area contributed by atoms with Crippen LogP contribution in [0.25, 0.3) is 27.8 Å². The number of carbonyl (C=O) groups excluding carboxylic acids is 1. The fourth-order valence-corrected chi connectivity index (χ4v) is 4.93. The highest BCUT2D eigenvalue weighted by Gasteiger charge is 2.19. The lowest BCUT2D eigenvalue weighted by Gasteiger charge is -2.13. The smallest absolute Gasteiger partial charge is 0.283 e. The maximum atomic E-state index is 13.7. The summed E-state index contributed by atoms with van der Waals surface area (Å²) in [6, 6.07) is 24.4. The van der Waals surface area contributed by atoms with Gasteiger partial charge >= 0.3 is 0 Å². The van der Waals surface area contributed by atoms with Crippen molar-refractivity contribution in [1.29, 1.82) is 0 Å². The van der Waals surface area contributed by atoms with E-state index in [1.807, 2.05) is 54.6 Å². The van der Waals surface area contributed by atoms with Gasteiger partial charge in [-0.2, -0.15) is 0 Å². The molecule has 0 saturated carbocycles. The van der Waals surface area contributed by atoms with E-state index in [1.165, 1.54) is 16.3 Å². The van der Waals surface area contributed by atoms with Crippen LogP contribution in [0.15, 0.2) is 95.0 Å². The normalized spacial score (nSPS) is 10.9. The van der Waals surface area contributed by atoms with Gasteiger partial charge in [-0.3, -0.25) is 14.2 Å². The monoisotopic (exact) mass is 526 g/mol. The van der Waals surface area contributed by atoms with Crippen LogP contribution in [-0.2, 0) is 11.3 Å². The van der Waals surface area contributed by atoms with Crippen LogP contribution in [0, 0.1) is 0 Å². The number of hydrogen-bond acceptors (Lipinski definition) is 6. The molecule has 0 aliphatic carbocycles. The summed E-state index contributed by atoms with van der Waals surface area (Å²) in [6.45, 7) is 0.365. The predicted octanol–water partition coefficient (Wildman–Crippen LogP) is 4.81. The average Bonchev–Trinajstić information content (AvgIpc) is 3.40. The van der Waals surface area contributed by atoms with Gasteiger partial charge < -0.3 is 19.8 Å². The molecule has 0 aliphatic rings. The average molecular weight is 527 g/mol. The van der Waals surface area contributed by atoms with E-state index in [0.29, 0.717) is 34.2 Å². The second-order valence-corrected chi connectivity index (χ2v) is 9.38. The Morgan fingerprint density at radius 3 is 2.47 bits per heavy atom. The molecule has 192 valence electrons. The van der Waals surface area contributed by atoms with Gasteiger partial charge in [0.2, 0.25) is 5.91 Å². The molecule has 0 atom stereocenters. The molecule has 2 N–H and O–H groups in total. The van der Waals surface area contributed by atoms with Gasteiger partial charge in [0.05, 0.1) is 25.7 Å². The molecule has 9 heteroatoms. The highest BCUT2D eigenvalue weighted by Crippen LogP contribution is 2.29. The van der Waals surface area contributed by atoms with Gasteiger partial charge in [-0.1, -0.05) is 54.2 Å².